The number of carbonyl (C=O) groups is 2. The van der Waals surface area contributed by atoms with Crippen molar-refractivity contribution < 1.29 is 9.59 Å². The molecule has 1 atom stereocenters. The van der Waals surface area contributed by atoms with Crippen LogP contribution < -0.4 is 4.90 Å². The molecule has 0 aromatic heterocycles. The third-order valence-corrected chi connectivity index (χ3v) is 3.82. The number of hydrogen-bond acceptors (Lipinski definition) is 2. The lowest BCUT2D eigenvalue weighted by Gasteiger charge is -2.39. The van der Waals surface area contributed by atoms with E-state index in [9.17, 15) is 9.59 Å². The molecule has 0 bridgehead atoms. The van der Waals surface area contributed by atoms with E-state index in [2.05, 4.69) is 0 Å². The standard InChI is InChI=1S/C15H19ClN2O2/c1-10(2)14(19)17-8-9-18(15(20)11(17)3)13-6-4-12(16)5-7-13/h4-7,10-11H,8-9H2,1-3H3. The molecule has 2 amide bonds. The van der Waals surface area contributed by atoms with Crippen LogP contribution >= 0.6 is 11.6 Å². The SMILES string of the molecule is CC(C)C(=O)N1CCN(c2ccc(Cl)cc2)C(=O)C1C. The van der Waals surface area contributed by atoms with Gasteiger partial charge in [0, 0.05) is 29.7 Å². The first kappa shape index (κ1) is 14.9. The highest BCUT2D eigenvalue weighted by molar-refractivity contribution is 6.30. The lowest BCUT2D eigenvalue weighted by atomic mass is 10.1. The highest BCUT2D eigenvalue weighted by atomic mass is 35.5. The third-order valence-electron chi connectivity index (χ3n) is 3.57. The van der Waals surface area contributed by atoms with E-state index in [1.165, 1.54) is 0 Å². The molecule has 0 spiro atoms. The molecule has 20 heavy (non-hydrogen) atoms. The maximum Gasteiger partial charge on any atom is 0.249 e. The Morgan fingerprint density at radius 3 is 2.40 bits per heavy atom. The Bertz CT molecular complexity index is 513. The van der Waals surface area contributed by atoms with Gasteiger partial charge in [0.25, 0.3) is 0 Å². The zero-order valence-corrected chi connectivity index (χ0v) is 12.7. The maximum absolute atomic E-state index is 12.4. The largest absolute Gasteiger partial charge is 0.329 e. The molecule has 1 fully saturated rings. The van der Waals surface area contributed by atoms with Gasteiger partial charge in [0.15, 0.2) is 0 Å². The molecule has 2 rings (SSSR count). The summed E-state index contributed by atoms with van der Waals surface area (Å²) in [5, 5.41) is 0.642. The maximum atomic E-state index is 12.4. The Balaban J connectivity index is 2.17. The first-order chi connectivity index (χ1) is 9.41. The monoisotopic (exact) mass is 294 g/mol. The minimum Gasteiger partial charge on any atom is -0.329 e. The van der Waals surface area contributed by atoms with Crippen LogP contribution in [0.15, 0.2) is 24.3 Å². The summed E-state index contributed by atoms with van der Waals surface area (Å²) < 4.78 is 0. The molecule has 1 aromatic rings. The number of rotatable bonds is 2. The fraction of sp³-hybridized carbons (Fsp3) is 0.467. The highest BCUT2D eigenvalue weighted by Gasteiger charge is 2.35. The van der Waals surface area contributed by atoms with Crippen LogP contribution in [0.1, 0.15) is 20.8 Å². The topological polar surface area (TPSA) is 40.6 Å². The third kappa shape index (κ3) is 2.80. The van der Waals surface area contributed by atoms with E-state index in [4.69, 9.17) is 11.6 Å². The molecule has 0 N–H and O–H groups in total. The minimum absolute atomic E-state index is 0.0293. The van der Waals surface area contributed by atoms with Gasteiger partial charge in [-0.2, -0.15) is 0 Å². The Hall–Kier alpha value is -1.55. The van der Waals surface area contributed by atoms with Crippen molar-refractivity contribution in [3.05, 3.63) is 29.3 Å². The van der Waals surface area contributed by atoms with E-state index < -0.39 is 6.04 Å². The van der Waals surface area contributed by atoms with E-state index in [1.54, 1.807) is 28.9 Å². The fourth-order valence-corrected chi connectivity index (χ4v) is 2.51. The second-order valence-corrected chi connectivity index (χ2v) is 5.77. The van der Waals surface area contributed by atoms with Gasteiger partial charge in [-0.3, -0.25) is 9.59 Å². The van der Waals surface area contributed by atoms with Crippen molar-refractivity contribution in [2.45, 2.75) is 26.8 Å². The van der Waals surface area contributed by atoms with Gasteiger partial charge in [-0.1, -0.05) is 25.4 Å². The zero-order chi connectivity index (χ0) is 14.9. The lowest BCUT2D eigenvalue weighted by Crippen LogP contribution is -2.58. The number of anilines is 1. The molecule has 0 saturated carbocycles. The van der Waals surface area contributed by atoms with E-state index in [0.29, 0.717) is 18.1 Å². The summed E-state index contributed by atoms with van der Waals surface area (Å²) in [5.41, 5.74) is 0.822. The van der Waals surface area contributed by atoms with Gasteiger partial charge >= 0.3 is 0 Å². The summed E-state index contributed by atoms with van der Waals surface area (Å²) >= 11 is 5.86. The van der Waals surface area contributed by atoms with Crippen LogP contribution in [-0.4, -0.2) is 35.8 Å². The van der Waals surface area contributed by atoms with Gasteiger partial charge in [0.05, 0.1) is 0 Å². The predicted octanol–water partition coefficient (Wildman–Crippen LogP) is 2.56. The summed E-state index contributed by atoms with van der Waals surface area (Å²) in [7, 11) is 0. The van der Waals surface area contributed by atoms with Crippen molar-refractivity contribution in [1.82, 2.24) is 4.90 Å². The Morgan fingerprint density at radius 2 is 1.85 bits per heavy atom. The molecule has 0 radical (unpaired) electrons. The molecule has 1 aliphatic heterocycles. The lowest BCUT2D eigenvalue weighted by molar-refractivity contribution is -0.143. The van der Waals surface area contributed by atoms with Gasteiger partial charge in [-0.25, -0.2) is 0 Å². The van der Waals surface area contributed by atoms with Crippen LogP contribution in [0.3, 0.4) is 0 Å². The summed E-state index contributed by atoms with van der Waals surface area (Å²) in [5.74, 6) is -0.110. The Kier molecular flexibility index (Phi) is 4.33. The van der Waals surface area contributed by atoms with Crippen molar-refractivity contribution in [3.8, 4) is 0 Å². The van der Waals surface area contributed by atoms with Gasteiger partial charge in [0.1, 0.15) is 6.04 Å². The second kappa shape index (κ2) is 5.83. The molecule has 5 heteroatoms. The fourth-order valence-electron chi connectivity index (χ4n) is 2.38. The summed E-state index contributed by atoms with van der Waals surface area (Å²) in [6, 6.07) is 6.76. The average Bonchev–Trinajstić information content (AvgIpc) is 2.42. The van der Waals surface area contributed by atoms with Crippen molar-refractivity contribution in [3.63, 3.8) is 0 Å². The van der Waals surface area contributed by atoms with Crippen LogP contribution in [0.5, 0.6) is 0 Å². The van der Waals surface area contributed by atoms with Crippen molar-refractivity contribution in [1.29, 1.82) is 0 Å². The summed E-state index contributed by atoms with van der Waals surface area (Å²) in [6.07, 6.45) is 0. The van der Waals surface area contributed by atoms with Gasteiger partial charge in [-0.05, 0) is 31.2 Å². The summed E-state index contributed by atoms with van der Waals surface area (Å²) in [6.45, 7) is 6.57. The molecule has 1 aromatic carbocycles. The van der Waals surface area contributed by atoms with Crippen LogP contribution in [0.25, 0.3) is 0 Å². The Labute approximate surface area is 124 Å². The molecule has 0 aliphatic carbocycles. The number of amides is 2. The number of halogens is 1. The molecule has 108 valence electrons. The zero-order valence-electron chi connectivity index (χ0n) is 12.0. The number of benzene rings is 1. The molecule has 1 unspecified atom stereocenters. The highest BCUT2D eigenvalue weighted by Crippen LogP contribution is 2.23. The molecular formula is C15H19ClN2O2. The van der Waals surface area contributed by atoms with Crippen LogP contribution in [0, 0.1) is 5.92 Å². The van der Waals surface area contributed by atoms with Crippen molar-refractivity contribution in [2.24, 2.45) is 5.92 Å². The molecule has 1 aliphatic rings. The Morgan fingerprint density at radius 1 is 1.25 bits per heavy atom. The van der Waals surface area contributed by atoms with Gasteiger partial charge < -0.3 is 9.80 Å². The van der Waals surface area contributed by atoms with Crippen molar-refractivity contribution >= 4 is 29.1 Å². The smallest absolute Gasteiger partial charge is 0.249 e. The number of nitrogens with zero attached hydrogens (tertiary/aromatic N) is 2. The quantitative estimate of drug-likeness (QED) is 0.841. The van der Waals surface area contributed by atoms with Gasteiger partial charge in [-0.15, -0.1) is 0 Å². The molecule has 1 heterocycles. The van der Waals surface area contributed by atoms with Gasteiger partial charge in [0.2, 0.25) is 11.8 Å². The second-order valence-electron chi connectivity index (χ2n) is 5.33. The van der Waals surface area contributed by atoms with Crippen LogP contribution in [0.4, 0.5) is 5.69 Å². The average molecular weight is 295 g/mol. The number of piperazine rings is 1. The van der Waals surface area contributed by atoms with Crippen molar-refractivity contribution in [2.75, 3.05) is 18.0 Å². The first-order valence-corrected chi connectivity index (χ1v) is 7.17. The predicted molar refractivity (Wildman–Crippen MR) is 79.8 cm³/mol. The van der Waals surface area contributed by atoms with Crippen LogP contribution in [0.2, 0.25) is 5.02 Å². The number of carbonyl (C=O) groups excluding carboxylic acids is 2. The first-order valence-electron chi connectivity index (χ1n) is 6.79. The van der Waals surface area contributed by atoms with E-state index >= 15 is 0 Å². The molecule has 4 nitrogen and oxygen atoms in total. The van der Waals surface area contributed by atoms with E-state index in [1.807, 2.05) is 26.0 Å². The summed E-state index contributed by atoms with van der Waals surface area (Å²) in [4.78, 5) is 27.9. The molecular weight excluding hydrogens is 276 g/mol. The van der Waals surface area contributed by atoms with E-state index in [-0.39, 0.29) is 17.7 Å². The normalized spacial score (nSPS) is 19.6. The van der Waals surface area contributed by atoms with Crippen LogP contribution in [-0.2, 0) is 9.59 Å². The minimum atomic E-state index is -0.422. The van der Waals surface area contributed by atoms with E-state index in [0.717, 1.165) is 5.69 Å². The molecule has 1 saturated heterocycles. The number of hydrogen-bond donors (Lipinski definition) is 0.